The van der Waals surface area contributed by atoms with Crippen LogP contribution < -0.4 is 11.1 Å². The van der Waals surface area contributed by atoms with E-state index in [1.54, 1.807) is 0 Å². The molecule has 3 heteroatoms. The van der Waals surface area contributed by atoms with Gasteiger partial charge in [0.2, 0.25) is 5.91 Å². The third-order valence-electron chi connectivity index (χ3n) is 2.14. The van der Waals surface area contributed by atoms with Crippen LogP contribution >= 0.6 is 0 Å². The molecule has 0 radical (unpaired) electrons. The summed E-state index contributed by atoms with van der Waals surface area (Å²) in [6.45, 7) is 4.91. The molecule has 0 bridgehead atoms. The maximum atomic E-state index is 11.5. The van der Waals surface area contributed by atoms with Gasteiger partial charge in [-0.1, -0.05) is 26.0 Å². The molecule has 0 heterocycles. The summed E-state index contributed by atoms with van der Waals surface area (Å²) in [5, 5.41) is 2.90. The van der Waals surface area contributed by atoms with Crippen LogP contribution in [0.5, 0.6) is 0 Å². The Morgan fingerprint density at radius 2 is 2.31 bits per heavy atom. The number of carbonyl (C=O) groups excluding carboxylic acids is 1. The normalized spacial score (nSPS) is 26.8. The van der Waals surface area contributed by atoms with Gasteiger partial charge in [0, 0.05) is 12.6 Å². The van der Waals surface area contributed by atoms with E-state index in [0.717, 1.165) is 13.0 Å². The monoisotopic (exact) mass is 182 g/mol. The van der Waals surface area contributed by atoms with Crippen molar-refractivity contribution in [1.82, 2.24) is 5.32 Å². The Morgan fingerprint density at radius 3 is 2.77 bits per heavy atom. The first kappa shape index (κ1) is 10.3. The summed E-state index contributed by atoms with van der Waals surface area (Å²) in [7, 11) is 0. The number of rotatable bonds is 3. The van der Waals surface area contributed by atoms with Gasteiger partial charge in [0.25, 0.3) is 0 Å². The van der Waals surface area contributed by atoms with E-state index in [-0.39, 0.29) is 17.9 Å². The molecule has 13 heavy (non-hydrogen) atoms. The lowest BCUT2D eigenvalue weighted by Gasteiger charge is -2.11. The molecule has 74 valence electrons. The second-order valence-electron chi connectivity index (χ2n) is 4.03. The minimum atomic E-state index is -0.00579. The number of hydrogen-bond donors (Lipinski definition) is 2. The Hall–Kier alpha value is -0.830. The smallest absolute Gasteiger partial charge is 0.227 e. The molecule has 2 unspecified atom stereocenters. The molecule has 0 aromatic heterocycles. The Labute approximate surface area is 79.4 Å². The summed E-state index contributed by atoms with van der Waals surface area (Å²) in [5.74, 6) is 0.606. The zero-order valence-corrected chi connectivity index (χ0v) is 8.29. The summed E-state index contributed by atoms with van der Waals surface area (Å²) < 4.78 is 0. The zero-order chi connectivity index (χ0) is 9.84. The Kier molecular flexibility index (Phi) is 3.48. The fourth-order valence-electron chi connectivity index (χ4n) is 1.36. The highest BCUT2D eigenvalue weighted by atomic mass is 16.1. The summed E-state index contributed by atoms with van der Waals surface area (Å²) in [6, 6.07) is 0.0646. The van der Waals surface area contributed by atoms with E-state index in [1.165, 1.54) is 0 Å². The quantitative estimate of drug-likeness (QED) is 0.630. The van der Waals surface area contributed by atoms with Gasteiger partial charge in [-0.05, 0) is 12.3 Å². The maximum Gasteiger partial charge on any atom is 0.227 e. The fraction of sp³-hybridized carbons (Fsp3) is 0.700. The first-order valence-electron chi connectivity index (χ1n) is 4.81. The molecule has 1 aliphatic rings. The van der Waals surface area contributed by atoms with Crippen molar-refractivity contribution in [3.05, 3.63) is 12.2 Å². The second-order valence-corrected chi connectivity index (χ2v) is 4.03. The molecule has 3 nitrogen and oxygen atoms in total. The molecule has 0 spiro atoms. The summed E-state index contributed by atoms with van der Waals surface area (Å²) >= 11 is 0. The largest absolute Gasteiger partial charge is 0.355 e. The van der Waals surface area contributed by atoms with Gasteiger partial charge in [-0.3, -0.25) is 4.79 Å². The highest BCUT2D eigenvalue weighted by Gasteiger charge is 2.22. The van der Waals surface area contributed by atoms with Crippen LogP contribution in [-0.4, -0.2) is 18.5 Å². The Balaban J connectivity index is 2.29. The molecule has 0 aromatic rings. The van der Waals surface area contributed by atoms with Crippen molar-refractivity contribution in [2.24, 2.45) is 17.6 Å². The van der Waals surface area contributed by atoms with Crippen LogP contribution in [0.1, 0.15) is 20.3 Å². The summed E-state index contributed by atoms with van der Waals surface area (Å²) in [4.78, 5) is 11.5. The lowest BCUT2D eigenvalue weighted by atomic mass is 10.1. The number of amides is 1. The van der Waals surface area contributed by atoms with Gasteiger partial charge in [0.15, 0.2) is 0 Å². The van der Waals surface area contributed by atoms with Crippen LogP contribution in [0.4, 0.5) is 0 Å². The van der Waals surface area contributed by atoms with Gasteiger partial charge in [-0.25, -0.2) is 0 Å². The van der Waals surface area contributed by atoms with Gasteiger partial charge in [0.1, 0.15) is 0 Å². The van der Waals surface area contributed by atoms with Gasteiger partial charge < -0.3 is 11.1 Å². The predicted octanol–water partition coefficient (Wildman–Crippen LogP) is 0.662. The molecule has 1 amide bonds. The minimum Gasteiger partial charge on any atom is -0.355 e. The summed E-state index contributed by atoms with van der Waals surface area (Å²) in [6.07, 6.45) is 4.56. The molecular formula is C10H18N2O. The molecule has 1 aliphatic carbocycles. The third kappa shape index (κ3) is 3.19. The highest BCUT2D eigenvalue weighted by molar-refractivity contribution is 5.81. The lowest BCUT2D eigenvalue weighted by molar-refractivity contribution is -0.123. The van der Waals surface area contributed by atoms with Crippen molar-refractivity contribution >= 4 is 5.91 Å². The van der Waals surface area contributed by atoms with Gasteiger partial charge in [0.05, 0.1) is 5.92 Å². The van der Waals surface area contributed by atoms with Crippen LogP contribution in [0.3, 0.4) is 0 Å². The van der Waals surface area contributed by atoms with Crippen molar-refractivity contribution in [2.45, 2.75) is 26.3 Å². The van der Waals surface area contributed by atoms with Crippen LogP contribution in [0.2, 0.25) is 0 Å². The topological polar surface area (TPSA) is 55.1 Å². The summed E-state index contributed by atoms with van der Waals surface area (Å²) in [5.41, 5.74) is 5.65. The van der Waals surface area contributed by atoms with E-state index in [0.29, 0.717) is 5.92 Å². The Bertz CT molecular complexity index is 211. The third-order valence-corrected chi connectivity index (χ3v) is 2.14. The average Bonchev–Trinajstić information content (AvgIpc) is 2.47. The standard InChI is InChI=1S/C10H18N2O/c1-7(2)6-12-10(13)8-3-4-9(11)5-8/h3-4,7-9H,5-6,11H2,1-2H3,(H,12,13). The lowest BCUT2D eigenvalue weighted by Crippen LogP contribution is -2.33. The number of nitrogens with one attached hydrogen (secondary N) is 1. The van der Waals surface area contributed by atoms with Gasteiger partial charge in [-0.15, -0.1) is 0 Å². The number of carbonyl (C=O) groups is 1. The molecule has 0 aliphatic heterocycles. The minimum absolute atomic E-state index is 0.00579. The van der Waals surface area contributed by atoms with Crippen LogP contribution in [-0.2, 0) is 4.79 Å². The molecule has 1 rings (SSSR count). The highest BCUT2D eigenvalue weighted by Crippen LogP contribution is 2.16. The van der Waals surface area contributed by atoms with Gasteiger partial charge >= 0.3 is 0 Å². The first-order valence-corrected chi connectivity index (χ1v) is 4.81. The zero-order valence-electron chi connectivity index (χ0n) is 8.29. The van der Waals surface area contributed by atoms with Crippen molar-refractivity contribution < 1.29 is 4.79 Å². The van der Waals surface area contributed by atoms with E-state index in [1.807, 2.05) is 12.2 Å². The molecule has 0 aromatic carbocycles. The molecule has 0 fully saturated rings. The van der Waals surface area contributed by atoms with Crippen molar-refractivity contribution in [2.75, 3.05) is 6.54 Å². The molecule has 0 saturated heterocycles. The average molecular weight is 182 g/mol. The molecule has 3 N–H and O–H groups in total. The van der Waals surface area contributed by atoms with E-state index in [9.17, 15) is 4.79 Å². The van der Waals surface area contributed by atoms with Crippen LogP contribution in [0, 0.1) is 11.8 Å². The molecular weight excluding hydrogens is 164 g/mol. The predicted molar refractivity (Wildman–Crippen MR) is 53.1 cm³/mol. The van der Waals surface area contributed by atoms with Crippen molar-refractivity contribution in [1.29, 1.82) is 0 Å². The van der Waals surface area contributed by atoms with E-state index in [4.69, 9.17) is 5.73 Å². The van der Waals surface area contributed by atoms with Crippen molar-refractivity contribution in [3.8, 4) is 0 Å². The number of hydrogen-bond acceptors (Lipinski definition) is 2. The van der Waals surface area contributed by atoms with Gasteiger partial charge in [-0.2, -0.15) is 0 Å². The molecule has 0 saturated carbocycles. The van der Waals surface area contributed by atoms with E-state index in [2.05, 4.69) is 19.2 Å². The van der Waals surface area contributed by atoms with Crippen LogP contribution in [0.25, 0.3) is 0 Å². The van der Waals surface area contributed by atoms with E-state index < -0.39 is 0 Å². The van der Waals surface area contributed by atoms with E-state index >= 15 is 0 Å². The Morgan fingerprint density at radius 1 is 1.62 bits per heavy atom. The number of nitrogens with two attached hydrogens (primary N) is 1. The van der Waals surface area contributed by atoms with Crippen molar-refractivity contribution in [3.63, 3.8) is 0 Å². The molecule has 2 atom stereocenters. The first-order chi connectivity index (χ1) is 6.09. The SMILES string of the molecule is CC(C)CNC(=O)C1C=CC(N)C1. The van der Waals surface area contributed by atoms with Crippen LogP contribution in [0.15, 0.2) is 12.2 Å². The maximum absolute atomic E-state index is 11.5. The second kappa shape index (κ2) is 4.42. The fourth-order valence-corrected chi connectivity index (χ4v) is 1.36.